The number of carbonyl (C=O) groups is 2. The van der Waals surface area contributed by atoms with Gasteiger partial charge in [-0.3, -0.25) is 9.78 Å². The van der Waals surface area contributed by atoms with Crippen LogP contribution in [-0.2, 0) is 9.59 Å². The number of hydrogen-bond acceptors (Lipinski definition) is 3. The fourth-order valence-corrected chi connectivity index (χ4v) is 0.901. The molecule has 0 spiro atoms. The second-order valence-corrected chi connectivity index (χ2v) is 2.79. The van der Waals surface area contributed by atoms with Crippen LogP contribution >= 0.6 is 0 Å². The van der Waals surface area contributed by atoms with E-state index in [4.69, 9.17) is 5.11 Å². The van der Waals surface area contributed by atoms with E-state index in [9.17, 15) is 9.59 Å². The third-order valence-electron chi connectivity index (χ3n) is 1.53. The number of allylic oxidation sites excluding steroid dienone is 2. The number of anilines is 1. The SMILES string of the molecule is O=C(O)/C=C/C=C/C(=O)Nc1cccnc1. The maximum atomic E-state index is 11.3. The largest absolute Gasteiger partial charge is 0.478 e. The van der Waals surface area contributed by atoms with Crippen molar-refractivity contribution in [2.24, 2.45) is 0 Å². The number of hydrogen-bond donors (Lipinski definition) is 2. The Morgan fingerprint density at radius 2 is 2.06 bits per heavy atom. The third kappa shape index (κ3) is 4.71. The van der Waals surface area contributed by atoms with Crippen LogP contribution in [0.25, 0.3) is 0 Å². The quantitative estimate of drug-likeness (QED) is 0.588. The molecule has 0 atom stereocenters. The predicted molar refractivity (Wildman–Crippen MR) is 58.8 cm³/mol. The van der Waals surface area contributed by atoms with E-state index in [1.165, 1.54) is 24.4 Å². The lowest BCUT2D eigenvalue weighted by molar-refractivity contribution is -0.131. The van der Waals surface area contributed by atoms with E-state index in [2.05, 4.69) is 10.3 Å². The summed E-state index contributed by atoms with van der Waals surface area (Å²) in [6.07, 6.45) is 7.89. The van der Waals surface area contributed by atoms with Crippen molar-refractivity contribution in [3.63, 3.8) is 0 Å². The van der Waals surface area contributed by atoms with Gasteiger partial charge in [0, 0.05) is 18.3 Å². The Morgan fingerprint density at radius 3 is 2.69 bits per heavy atom. The van der Waals surface area contributed by atoms with Gasteiger partial charge in [0.2, 0.25) is 5.91 Å². The minimum absolute atomic E-state index is 0.344. The molecule has 0 unspecified atom stereocenters. The minimum atomic E-state index is -1.06. The van der Waals surface area contributed by atoms with Crippen molar-refractivity contribution >= 4 is 17.6 Å². The van der Waals surface area contributed by atoms with Gasteiger partial charge in [-0.2, -0.15) is 0 Å². The fraction of sp³-hybridized carbons (Fsp3) is 0. The first-order valence-corrected chi connectivity index (χ1v) is 4.47. The van der Waals surface area contributed by atoms with E-state index in [1.807, 2.05) is 0 Å². The van der Waals surface area contributed by atoms with Crippen molar-refractivity contribution in [1.82, 2.24) is 4.98 Å². The zero-order chi connectivity index (χ0) is 11.8. The van der Waals surface area contributed by atoms with Crippen LogP contribution in [0.2, 0.25) is 0 Å². The summed E-state index contributed by atoms with van der Waals surface area (Å²) in [6, 6.07) is 3.40. The molecule has 1 aromatic heterocycles. The van der Waals surface area contributed by atoms with Crippen LogP contribution in [0.15, 0.2) is 48.8 Å². The standard InChI is InChI=1S/C11H10N2O3/c14-10(5-1-2-6-11(15)16)13-9-4-3-7-12-8-9/h1-8H,(H,13,14)(H,15,16)/b5-1+,6-2+. The van der Waals surface area contributed by atoms with Crippen molar-refractivity contribution in [2.75, 3.05) is 5.32 Å². The summed E-state index contributed by atoms with van der Waals surface area (Å²) in [5.74, 6) is -1.40. The van der Waals surface area contributed by atoms with Gasteiger partial charge >= 0.3 is 5.97 Å². The highest BCUT2D eigenvalue weighted by atomic mass is 16.4. The second-order valence-electron chi connectivity index (χ2n) is 2.79. The number of carbonyl (C=O) groups excluding carboxylic acids is 1. The number of carboxylic acid groups (broad SMARTS) is 1. The highest BCUT2D eigenvalue weighted by molar-refractivity contribution is 5.99. The molecular weight excluding hydrogens is 208 g/mol. The number of rotatable bonds is 4. The van der Waals surface area contributed by atoms with Crippen LogP contribution in [0, 0.1) is 0 Å². The molecule has 1 rings (SSSR count). The average Bonchev–Trinajstić information content (AvgIpc) is 2.25. The molecule has 1 aromatic rings. The molecule has 0 aromatic carbocycles. The van der Waals surface area contributed by atoms with Crippen LogP contribution in [0.5, 0.6) is 0 Å². The summed E-state index contributed by atoms with van der Waals surface area (Å²) in [6.45, 7) is 0. The molecule has 5 nitrogen and oxygen atoms in total. The number of nitrogens with one attached hydrogen (secondary N) is 1. The number of aliphatic carboxylic acids is 1. The topological polar surface area (TPSA) is 79.3 Å². The molecule has 1 amide bonds. The zero-order valence-corrected chi connectivity index (χ0v) is 8.33. The minimum Gasteiger partial charge on any atom is -0.478 e. The molecule has 2 N–H and O–H groups in total. The molecule has 0 fully saturated rings. The molecular formula is C11H10N2O3. The van der Waals surface area contributed by atoms with Crippen molar-refractivity contribution < 1.29 is 14.7 Å². The maximum absolute atomic E-state index is 11.3. The van der Waals surface area contributed by atoms with E-state index in [0.29, 0.717) is 5.69 Å². The summed E-state index contributed by atoms with van der Waals surface area (Å²) >= 11 is 0. The van der Waals surface area contributed by atoms with E-state index >= 15 is 0 Å². The summed E-state index contributed by atoms with van der Waals surface area (Å²) < 4.78 is 0. The Balaban J connectivity index is 2.45. The predicted octanol–water partition coefficient (Wildman–Crippen LogP) is 1.22. The van der Waals surface area contributed by atoms with Crippen molar-refractivity contribution in [3.05, 3.63) is 48.8 Å². The monoisotopic (exact) mass is 218 g/mol. The third-order valence-corrected chi connectivity index (χ3v) is 1.53. The van der Waals surface area contributed by atoms with Gasteiger partial charge in [-0.05, 0) is 12.1 Å². The molecule has 1 heterocycles. The molecule has 0 aliphatic rings. The Hall–Kier alpha value is -2.43. The number of nitrogens with zero attached hydrogens (tertiary/aromatic N) is 1. The van der Waals surface area contributed by atoms with Gasteiger partial charge in [0.1, 0.15) is 0 Å². The second kappa shape index (κ2) is 6.13. The Kier molecular flexibility index (Phi) is 4.46. The van der Waals surface area contributed by atoms with Crippen LogP contribution in [0.1, 0.15) is 0 Å². The van der Waals surface area contributed by atoms with Gasteiger partial charge in [-0.25, -0.2) is 4.79 Å². The highest BCUT2D eigenvalue weighted by Gasteiger charge is 1.95. The van der Waals surface area contributed by atoms with Gasteiger partial charge in [0.05, 0.1) is 11.9 Å². The van der Waals surface area contributed by atoms with Crippen LogP contribution in [0.3, 0.4) is 0 Å². The summed E-state index contributed by atoms with van der Waals surface area (Å²) in [5, 5.41) is 10.8. The molecule has 0 bridgehead atoms. The molecule has 0 saturated carbocycles. The van der Waals surface area contributed by atoms with Crippen LogP contribution in [0.4, 0.5) is 5.69 Å². The molecule has 0 aliphatic heterocycles. The molecule has 0 aliphatic carbocycles. The summed E-state index contributed by atoms with van der Waals surface area (Å²) in [4.78, 5) is 25.2. The van der Waals surface area contributed by atoms with Crippen molar-refractivity contribution in [3.8, 4) is 0 Å². The zero-order valence-electron chi connectivity index (χ0n) is 8.33. The first kappa shape index (κ1) is 11.6. The number of amides is 1. The lowest BCUT2D eigenvalue weighted by Crippen LogP contribution is -2.07. The van der Waals surface area contributed by atoms with E-state index in [1.54, 1.807) is 18.3 Å². The average molecular weight is 218 g/mol. The molecule has 0 radical (unpaired) electrons. The van der Waals surface area contributed by atoms with E-state index in [0.717, 1.165) is 6.08 Å². The van der Waals surface area contributed by atoms with E-state index in [-0.39, 0.29) is 5.91 Å². The Morgan fingerprint density at radius 1 is 1.31 bits per heavy atom. The van der Waals surface area contributed by atoms with Gasteiger partial charge in [0.25, 0.3) is 0 Å². The number of aromatic nitrogens is 1. The first-order chi connectivity index (χ1) is 7.68. The van der Waals surface area contributed by atoms with Gasteiger partial charge in [-0.1, -0.05) is 12.2 Å². The van der Waals surface area contributed by atoms with Gasteiger partial charge in [-0.15, -0.1) is 0 Å². The number of carboxylic acids is 1. The summed E-state index contributed by atoms with van der Waals surface area (Å²) in [5.41, 5.74) is 0.583. The molecule has 16 heavy (non-hydrogen) atoms. The lowest BCUT2D eigenvalue weighted by atomic mass is 10.4. The smallest absolute Gasteiger partial charge is 0.328 e. The maximum Gasteiger partial charge on any atom is 0.328 e. The molecule has 5 heteroatoms. The van der Waals surface area contributed by atoms with Crippen molar-refractivity contribution in [1.29, 1.82) is 0 Å². The molecule has 0 saturated heterocycles. The van der Waals surface area contributed by atoms with Gasteiger partial charge < -0.3 is 10.4 Å². The summed E-state index contributed by atoms with van der Waals surface area (Å²) in [7, 11) is 0. The Labute approximate surface area is 92.1 Å². The van der Waals surface area contributed by atoms with Crippen LogP contribution in [-0.4, -0.2) is 22.0 Å². The van der Waals surface area contributed by atoms with Crippen LogP contribution < -0.4 is 5.32 Å². The first-order valence-electron chi connectivity index (χ1n) is 4.47. The highest BCUT2D eigenvalue weighted by Crippen LogP contribution is 2.01. The van der Waals surface area contributed by atoms with E-state index < -0.39 is 5.97 Å². The normalized spacial score (nSPS) is 10.8. The molecule has 82 valence electrons. The fourth-order valence-electron chi connectivity index (χ4n) is 0.901. The number of pyridine rings is 1. The Bertz CT molecular complexity index is 424. The lowest BCUT2D eigenvalue weighted by Gasteiger charge is -1.98. The van der Waals surface area contributed by atoms with Gasteiger partial charge in [0.15, 0.2) is 0 Å². The van der Waals surface area contributed by atoms with Crippen molar-refractivity contribution in [2.45, 2.75) is 0 Å².